The lowest BCUT2D eigenvalue weighted by Gasteiger charge is -2.46. The van der Waals surface area contributed by atoms with Crippen molar-refractivity contribution >= 4 is 27.3 Å². The third kappa shape index (κ3) is 2.95. The molecule has 0 saturated carbocycles. The molecule has 2 bridgehead atoms. The van der Waals surface area contributed by atoms with Crippen LogP contribution in [0.25, 0.3) is 0 Å². The van der Waals surface area contributed by atoms with Gasteiger partial charge >= 0.3 is 0 Å². The van der Waals surface area contributed by atoms with E-state index in [9.17, 15) is 13.2 Å². The topological polar surface area (TPSA) is 81.7 Å². The van der Waals surface area contributed by atoms with Crippen LogP contribution in [0.3, 0.4) is 0 Å². The number of nitrogens with one attached hydrogen (secondary N) is 1. The van der Waals surface area contributed by atoms with Crippen molar-refractivity contribution in [2.24, 2.45) is 0 Å². The summed E-state index contributed by atoms with van der Waals surface area (Å²) in [6, 6.07) is 11.1. The lowest BCUT2D eigenvalue weighted by molar-refractivity contribution is -0.132. The van der Waals surface area contributed by atoms with Crippen LogP contribution in [0.15, 0.2) is 47.4 Å². The second-order valence-electron chi connectivity index (χ2n) is 6.96. The molecular formula is C19H18ClNO5S. The summed E-state index contributed by atoms with van der Waals surface area (Å²) < 4.78 is 37.8. The molecule has 2 aliphatic heterocycles. The molecule has 4 rings (SSSR count). The van der Waals surface area contributed by atoms with E-state index >= 15 is 0 Å². The molecule has 1 fully saturated rings. The Bertz CT molecular complexity index is 1020. The lowest BCUT2D eigenvalue weighted by atomic mass is 9.81. The van der Waals surface area contributed by atoms with E-state index in [2.05, 4.69) is 5.32 Å². The van der Waals surface area contributed by atoms with Gasteiger partial charge in [-0.05, 0) is 49.4 Å². The quantitative estimate of drug-likeness (QED) is 0.846. The first-order valence-corrected chi connectivity index (χ1v) is 10.3. The van der Waals surface area contributed by atoms with Crippen molar-refractivity contribution in [1.29, 1.82) is 0 Å². The van der Waals surface area contributed by atoms with E-state index in [0.717, 1.165) is 0 Å². The zero-order chi connectivity index (χ0) is 19.4. The van der Waals surface area contributed by atoms with Gasteiger partial charge in [-0.3, -0.25) is 4.79 Å². The number of piperidine rings is 1. The van der Waals surface area contributed by atoms with E-state index in [-0.39, 0.29) is 4.90 Å². The maximum atomic E-state index is 13.3. The summed E-state index contributed by atoms with van der Waals surface area (Å²) >= 11 is 5.87. The summed E-state index contributed by atoms with van der Waals surface area (Å²) in [6.45, 7) is 1.75. The Balaban J connectivity index is 1.86. The van der Waals surface area contributed by atoms with Crippen LogP contribution >= 0.6 is 11.6 Å². The molecule has 2 heterocycles. The lowest BCUT2D eigenvalue weighted by Crippen LogP contribution is -2.63. The number of methoxy groups -OCH3 is 1. The number of ether oxygens (including phenoxy) is 2. The molecule has 27 heavy (non-hydrogen) atoms. The molecule has 2 aliphatic rings. The zero-order valence-corrected chi connectivity index (χ0v) is 16.3. The molecule has 0 spiro atoms. The number of fused-ring (bicyclic) bond motifs is 4. The number of halogens is 1. The smallest absolute Gasteiger partial charge is 0.242 e. The largest absolute Gasteiger partial charge is 0.497 e. The van der Waals surface area contributed by atoms with Crippen molar-refractivity contribution in [2.45, 2.75) is 35.1 Å². The van der Waals surface area contributed by atoms with Gasteiger partial charge in [-0.15, -0.1) is 0 Å². The van der Waals surface area contributed by atoms with Crippen molar-refractivity contribution in [3.63, 3.8) is 0 Å². The number of carbonyl (C=O) groups excluding carboxylic acids is 1. The van der Waals surface area contributed by atoms with Crippen molar-refractivity contribution in [2.75, 3.05) is 7.11 Å². The Morgan fingerprint density at radius 3 is 2.59 bits per heavy atom. The standard InChI is InChI=1S/C19H18ClNO5S/c1-19-10-15(14-9-12(25-2)5-8-16(14)26-19)17(18(22)21-19)27(23,24)13-6-3-11(20)4-7-13/h3-9,15,17H,10H2,1-2H3,(H,21,22). The monoisotopic (exact) mass is 407 g/mol. The molecule has 142 valence electrons. The molecule has 6 nitrogen and oxygen atoms in total. The van der Waals surface area contributed by atoms with Gasteiger partial charge in [0.05, 0.1) is 12.0 Å². The van der Waals surface area contributed by atoms with Crippen LogP contribution < -0.4 is 14.8 Å². The number of sulfone groups is 1. The Kier molecular flexibility index (Phi) is 4.12. The highest BCUT2D eigenvalue weighted by Gasteiger charge is 2.54. The highest BCUT2D eigenvalue weighted by atomic mass is 35.5. The summed E-state index contributed by atoms with van der Waals surface area (Å²) in [7, 11) is -2.40. The predicted molar refractivity (Wildman–Crippen MR) is 100.0 cm³/mol. The number of hydrogen-bond acceptors (Lipinski definition) is 5. The van der Waals surface area contributed by atoms with Crippen LogP contribution in [-0.4, -0.2) is 32.4 Å². The second-order valence-corrected chi connectivity index (χ2v) is 9.46. The first-order valence-electron chi connectivity index (χ1n) is 8.42. The van der Waals surface area contributed by atoms with E-state index in [1.807, 2.05) is 0 Å². The fourth-order valence-corrected chi connectivity index (χ4v) is 5.79. The van der Waals surface area contributed by atoms with E-state index < -0.39 is 32.6 Å². The van der Waals surface area contributed by atoms with Gasteiger partial charge in [0.1, 0.15) is 11.5 Å². The molecule has 8 heteroatoms. The first-order chi connectivity index (χ1) is 12.7. The van der Waals surface area contributed by atoms with Crippen molar-refractivity contribution in [3.8, 4) is 11.5 Å². The molecule has 3 atom stereocenters. The Labute approximate surface area is 162 Å². The van der Waals surface area contributed by atoms with Crippen molar-refractivity contribution in [1.82, 2.24) is 5.32 Å². The minimum Gasteiger partial charge on any atom is -0.497 e. The van der Waals surface area contributed by atoms with Crippen LogP contribution in [0.4, 0.5) is 0 Å². The zero-order valence-electron chi connectivity index (χ0n) is 14.7. The van der Waals surface area contributed by atoms with Gasteiger partial charge in [0.25, 0.3) is 0 Å². The maximum Gasteiger partial charge on any atom is 0.242 e. The van der Waals surface area contributed by atoms with Gasteiger partial charge in [-0.25, -0.2) is 8.42 Å². The number of hydrogen-bond donors (Lipinski definition) is 1. The highest BCUT2D eigenvalue weighted by molar-refractivity contribution is 7.92. The van der Waals surface area contributed by atoms with Gasteiger partial charge in [0.2, 0.25) is 5.91 Å². The van der Waals surface area contributed by atoms with Crippen LogP contribution in [0, 0.1) is 0 Å². The Hall–Kier alpha value is -2.25. The van der Waals surface area contributed by atoms with Crippen molar-refractivity contribution < 1.29 is 22.7 Å². The van der Waals surface area contributed by atoms with Gasteiger partial charge < -0.3 is 14.8 Å². The van der Waals surface area contributed by atoms with E-state index in [4.69, 9.17) is 21.1 Å². The van der Waals surface area contributed by atoms with Crippen LogP contribution in [0.1, 0.15) is 24.8 Å². The number of benzene rings is 2. The summed E-state index contributed by atoms with van der Waals surface area (Å²) in [5, 5.41) is 1.90. The molecule has 2 aromatic rings. The second kappa shape index (κ2) is 6.14. The normalized spacial score (nSPS) is 26.6. The summed E-state index contributed by atoms with van der Waals surface area (Å²) in [5.41, 5.74) is -0.292. The maximum absolute atomic E-state index is 13.3. The van der Waals surface area contributed by atoms with Gasteiger partial charge in [0.15, 0.2) is 20.8 Å². The summed E-state index contributed by atoms with van der Waals surface area (Å²) in [5.74, 6) is 0.000815. The average molecular weight is 408 g/mol. The van der Waals surface area contributed by atoms with Crippen LogP contribution in [0.5, 0.6) is 11.5 Å². The average Bonchev–Trinajstić information content (AvgIpc) is 2.60. The molecule has 1 N–H and O–H groups in total. The minimum absolute atomic E-state index is 0.0617. The van der Waals surface area contributed by atoms with E-state index in [0.29, 0.717) is 28.5 Å². The molecule has 3 unspecified atom stereocenters. The molecule has 2 aromatic carbocycles. The molecule has 1 amide bonds. The molecule has 0 aromatic heterocycles. The fourth-order valence-electron chi connectivity index (χ4n) is 3.84. The van der Waals surface area contributed by atoms with Gasteiger partial charge in [0, 0.05) is 22.9 Å². The van der Waals surface area contributed by atoms with Crippen molar-refractivity contribution in [3.05, 3.63) is 53.1 Å². The SMILES string of the molecule is COc1ccc2c(c1)C1CC(C)(NC(=O)C1S(=O)(=O)c1ccc(Cl)cc1)O2. The third-order valence-corrected chi connectivity index (χ3v) is 7.44. The fraction of sp³-hybridized carbons (Fsp3) is 0.316. The highest BCUT2D eigenvalue weighted by Crippen LogP contribution is 2.48. The van der Waals surface area contributed by atoms with Gasteiger partial charge in [-0.1, -0.05) is 11.6 Å². The minimum atomic E-state index is -3.93. The first kappa shape index (κ1) is 18.1. The molecule has 0 aliphatic carbocycles. The Morgan fingerprint density at radius 2 is 1.93 bits per heavy atom. The third-order valence-electron chi connectivity index (χ3n) is 5.05. The summed E-state index contributed by atoms with van der Waals surface area (Å²) in [6.07, 6.45) is 0.344. The van der Waals surface area contributed by atoms with Gasteiger partial charge in [-0.2, -0.15) is 0 Å². The van der Waals surface area contributed by atoms with E-state index in [1.54, 1.807) is 25.1 Å². The molecule has 1 saturated heterocycles. The van der Waals surface area contributed by atoms with Crippen LogP contribution in [-0.2, 0) is 14.6 Å². The molecule has 0 radical (unpaired) electrons. The van der Waals surface area contributed by atoms with E-state index in [1.165, 1.54) is 31.4 Å². The molecular weight excluding hydrogens is 390 g/mol. The predicted octanol–water partition coefficient (Wildman–Crippen LogP) is 2.90. The van der Waals surface area contributed by atoms with Crippen LogP contribution in [0.2, 0.25) is 5.02 Å². The Morgan fingerprint density at radius 1 is 1.22 bits per heavy atom. The number of amides is 1. The summed E-state index contributed by atoms with van der Waals surface area (Å²) in [4.78, 5) is 12.9. The number of carbonyl (C=O) groups is 1. The number of rotatable bonds is 3.